The van der Waals surface area contributed by atoms with Crippen molar-refractivity contribution in [2.45, 2.75) is 77.5 Å². The Kier molecular flexibility index (Phi) is 10.8. The molecule has 0 saturated carbocycles. The maximum absolute atomic E-state index is 13.2. The summed E-state index contributed by atoms with van der Waals surface area (Å²) in [6.45, 7) is 13.2. The van der Waals surface area contributed by atoms with Gasteiger partial charge in [0.25, 0.3) is 0 Å². The number of alkyl carbamates (subject to hydrolysis) is 2. The number of benzene rings is 3. The summed E-state index contributed by atoms with van der Waals surface area (Å²) in [4.78, 5) is 28.3. The molecule has 0 fully saturated rings. The van der Waals surface area contributed by atoms with Gasteiger partial charge in [0.05, 0.1) is 18.3 Å². The normalized spacial score (nSPS) is 13.0. The molecule has 5 rings (SSSR count). The molecule has 2 heterocycles. The van der Waals surface area contributed by atoms with Crippen LogP contribution in [-0.2, 0) is 21.6 Å². The molecule has 1 aromatic heterocycles. The summed E-state index contributed by atoms with van der Waals surface area (Å²) in [6.07, 6.45) is 0.0107. The van der Waals surface area contributed by atoms with Crippen molar-refractivity contribution < 1.29 is 19.1 Å². The Morgan fingerprint density at radius 3 is 1.71 bits per heavy atom. The van der Waals surface area contributed by atoms with Crippen LogP contribution in [0.25, 0.3) is 0 Å². The number of hydrogen-bond donors (Lipinski definition) is 4. The number of hydrogen-bond acceptors (Lipinski definition) is 8. The molecule has 0 unspecified atom stereocenters. The lowest BCUT2D eigenvalue weighted by atomic mass is 9.77. The van der Waals surface area contributed by atoms with Crippen molar-refractivity contribution in [2.75, 3.05) is 29.9 Å². The Hall–Kier alpha value is -5.03. The molecule has 0 aliphatic carbocycles. The van der Waals surface area contributed by atoms with Crippen molar-refractivity contribution in [3.05, 3.63) is 114 Å². The smallest absolute Gasteiger partial charge is 0.410 e. The molecule has 2 amide bonds. The van der Waals surface area contributed by atoms with Crippen molar-refractivity contribution in [2.24, 2.45) is 0 Å². The fraction of sp³-hybridized carbons (Fsp3) is 0.395. The molecule has 1 aliphatic rings. The second kappa shape index (κ2) is 15.0. The second-order valence-corrected chi connectivity index (χ2v) is 14.0. The van der Waals surface area contributed by atoms with Crippen LogP contribution in [0.5, 0.6) is 0 Å². The van der Waals surface area contributed by atoms with Crippen molar-refractivity contribution in [1.29, 1.82) is 0 Å². The van der Waals surface area contributed by atoms with E-state index in [4.69, 9.17) is 9.47 Å². The summed E-state index contributed by atoms with van der Waals surface area (Å²) in [5.74, 6) is 0.808. The number of anilines is 2. The van der Waals surface area contributed by atoms with Gasteiger partial charge in [0.15, 0.2) is 6.29 Å². The highest BCUT2D eigenvalue weighted by atomic mass is 16.6. The molecule has 0 spiro atoms. The number of ether oxygens (including phenoxy) is 2. The van der Waals surface area contributed by atoms with E-state index >= 15 is 0 Å². The van der Waals surface area contributed by atoms with E-state index in [9.17, 15) is 9.59 Å². The lowest BCUT2D eigenvalue weighted by Crippen LogP contribution is -2.60. The maximum Gasteiger partial charge on any atom is 0.410 e. The standard InChI is InChI=1S/C38H49N7O4/c1-36(2,3)48-34(46)42-33(43-35(47)49-37(4,5)6)44(31-27-41-45-26-24-39-32(31)45)25-16-23-40-38(28-17-10-7-11-18-28,29-19-12-8-13-20-29)30-21-14-9-15-22-30/h7-15,17-22,27,33,39-40H,16,23-26H2,1-6H3,(H,42,46)(H,43,47). The Morgan fingerprint density at radius 1 is 0.796 bits per heavy atom. The van der Waals surface area contributed by atoms with Gasteiger partial charge in [-0.15, -0.1) is 0 Å². The number of carbonyl (C=O) groups is 2. The zero-order chi connectivity index (χ0) is 35.1. The van der Waals surface area contributed by atoms with E-state index in [1.807, 2.05) is 27.8 Å². The topological polar surface area (TPSA) is 122 Å². The molecule has 3 aromatic carbocycles. The monoisotopic (exact) mass is 667 g/mol. The van der Waals surface area contributed by atoms with E-state index in [0.717, 1.165) is 34.7 Å². The number of amides is 2. The van der Waals surface area contributed by atoms with Crippen LogP contribution in [0.1, 0.15) is 64.7 Å². The fourth-order valence-corrected chi connectivity index (χ4v) is 6.03. The van der Waals surface area contributed by atoms with Crippen LogP contribution in [0.3, 0.4) is 0 Å². The molecule has 260 valence electrons. The van der Waals surface area contributed by atoms with Crippen molar-refractivity contribution in [1.82, 2.24) is 25.7 Å². The third-order valence-electron chi connectivity index (χ3n) is 7.95. The van der Waals surface area contributed by atoms with Gasteiger partial charge < -0.3 is 19.7 Å². The number of fused-ring (bicyclic) bond motifs is 1. The number of aromatic nitrogens is 2. The first-order valence-electron chi connectivity index (χ1n) is 16.8. The summed E-state index contributed by atoms with van der Waals surface area (Å²) in [5, 5.41) is 17.6. The average Bonchev–Trinajstić information content (AvgIpc) is 3.67. The van der Waals surface area contributed by atoms with Crippen LogP contribution in [0.2, 0.25) is 0 Å². The van der Waals surface area contributed by atoms with E-state index in [1.54, 1.807) is 47.7 Å². The minimum absolute atomic E-state index is 0.429. The summed E-state index contributed by atoms with van der Waals surface area (Å²) in [6, 6.07) is 31.3. The lowest BCUT2D eigenvalue weighted by Gasteiger charge is -2.38. The highest BCUT2D eigenvalue weighted by Gasteiger charge is 2.36. The largest absolute Gasteiger partial charge is 0.444 e. The minimum Gasteiger partial charge on any atom is -0.444 e. The Balaban J connectivity index is 1.47. The molecule has 0 bridgehead atoms. The third kappa shape index (κ3) is 8.91. The van der Waals surface area contributed by atoms with Crippen LogP contribution in [0, 0.1) is 0 Å². The first-order valence-corrected chi connectivity index (χ1v) is 16.8. The minimum atomic E-state index is -1.01. The van der Waals surface area contributed by atoms with Gasteiger partial charge in [0, 0.05) is 13.1 Å². The molecule has 0 radical (unpaired) electrons. The predicted molar refractivity (Wildman–Crippen MR) is 192 cm³/mol. The average molecular weight is 668 g/mol. The summed E-state index contributed by atoms with van der Waals surface area (Å²) in [5.41, 5.74) is 1.93. The van der Waals surface area contributed by atoms with Crippen LogP contribution in [0.4, 0.5) is 21.1 Å². The van der Waals surface area contributed by atoms with Gasteiger partial charge in [0.1, 0.15) is 22.7 Å². The molecule has 4 aromatic rings. The number of nitrogens with one attached hydrogen (secondary N) is 4. The number of nitrogens with zero attached hydrogens (tertiary/aromatic N) is 3. The molecule has 0 saturated heterocycles. The third-order valence-corrected chi connectivity index (χ3v) is 7.95. The Morgan fingerprint density at radius 2 is 1.27 bits per heavy atom. The number of carbonyl (C=O) groups excluding carboxylic acids is 2. The highest BCUT2D eigenvalue weighted by molar-refractivity contribution is 5.74. The fourth-order valence-electron chi connectivity index (χ4n) is 6.03. The van der Waals surface area contributed by atoms with Crippen molar-refractivity contribution in [3.63, 3.8) is 0 Å². The first kappa shape index (κ1) is 35.3. The molecule has 11 heteroatoms. The molecular formula is C38H49N7O4. The molecular weight excluding hydrogens is 618 g/mol. The van der Waals surface area contributed by atoms with E-state index < -0.39 is 35.2 Å². The molecule has 1 aliphatic heterocycles. The van der Waals surface area contributed by atoms with Gasteiger partial charge in [0.2, 0.25) is 0 Å². The number of rotatable bonds is 12. The summed E-state index contributed by atoms with van der Waals surface area (Å²) in [7, 11) is 0. The maximum atomic E-state index is 13.2. The van der Waals surface area contributed by atoms with Crippen LogP contribution in [-0.4, -0.2) is 59.1 Å². The van der Waals surface area contributed by atoms with E-state index in [0.29, 0.717) is 26.1 Å². The van der Waals surface area contributed by atoms with E-state index in [1.165, 1.54) is 0 Å². The predicted octanol–water partition coefficient (Wildman–Crippen LogP) is 6.42. The van der Waals surface area contributed by atoms with Crippen LogP contribution < -0.4 is 26.2 Å². The molecule has 0 atom stereocenters. The van der Waals surface area contributed by atoms with Gasteiger partial charge in [-0.25, -0.2) is 14.3 Å². The van der Waals surface area contributed by atoms with Gasteiger partial charge in [-0.2, -0.15) is 5.10 Å². The summed E-state index contributed by atoms with van der Waals surface area (Å²) >= 11 is 0. The van der Waals surface area contributed by atoms with Gasteiger partial charge >= 0.3 is 12.2 Å². The molecule has 49 heavy (non-hydrogen) atoms. The molecule has 11 nitrogen and oxygen atoms in total. The first-order chi connectivity index (χ1) is 23.4. The second-order valence-electron chi connectivity index (χ2n) is 14.0. The Labute approximate surface area is 289 Å². The highest BCUT2D eigenvalue weighted by Crippen LogP contribution is 2.37. The van der Waals surface area contributed by atoms with Crippen molar-refractivity contribution in [3.8, 4) is 0 Å². The quantitative estimate of drug-likeness (QED) is 0.0776. The zero-order valence-corrected chi connectivity index (χ0v) is 29.3. The van der Waals surface area contributed by atoms with Crippen molar-refractivity contribution >= 4 is 23.7 Å². The van der Waals surface area contributed by atoms with E-state index in [-0.39, 0.29) is 0 Å². The summed E-state index contributed by atoms with van der Waals surface area (Å²) < 4.78 is 13.1. The molecule has 4 N–H and O–H groups in total. The van der Waals surface area contributed by atoms with Gasteiger partial charge in [-0.3, -0.25) is 16.0 Å². The van der Waals surface area contributed by atoms with Crippen LogP contribution in [0.15, 0.2) is 97.2 Å². The zero-order valence-electron chi connectivity index (χ0n) is 29.3. The van der Waals surface area contributed by atoms with Crippen LogP contribution >= 0.6 is 0 Å². The Bertz CT molecular complexity index is 1540. The van der Waals surface area contributed by atoms with E-state index in [2.05, 4.69) is 99.2 Å². The van der Waals surface area contributed by atoms with Gasteiger partial charge in [-0.05, 0) is 71.2 Å². The SMILES string of the molecule is CC(C)(C)OC(=O)NC(NC(=O)OC(C)(C)C)N(CCCNC(c1ccccc1)(c1ccccc1)c1ccccc1)c1cnn2c1NCC2. The van der Waals surface area contributed by atoms with Gasteiger partial charge in [-0.1, -0.05) is 91.0 Å². The lowest BCUT2D eigenvalue weighted by molar-refractivity contribution is 0.0423.